The third kappa shape index (κ3) is 6.43. The van der Waals surface area contributed by atoms with Crippen molar-refractivity contribution in [3.8, 4) is 11.5 Å². The summed E-state index contributed by atoms with van der Waals surface area (Å²) in [6.07, 6.45) is 0. The first-order valence-electron chi connectivity index (χ1n) is 9.49. The largest absolute Gasteiger partial charge is 0.494 e. The molecule has 0 aromatic heterocycles. The second kappa shape index (κ2) is 11.8. The van der Waals surface area contributed by atoms with Crippen LogP contribution in [0.1, 0.15) is 13.8 Å². The second-order valence-electron chi connectivity index (χ2n) is 5.70. The number of nitrogens with zero attached hydrogens (tertiary/aromatic N) is 5. The number of hydrogen-bond donors (Lipinski definition) is 0. The Bertz CT molecular complexity index is 1050. The normalized spacial score (nSPS) is 10.6. The summed E-state index contributed by atoms with van der Waals surface area (Å²) in [7, 11) is 3.02. The van der Waals surface area contributed by atoms with E-state index in [1.807, 2.05) is 44.2 Å². The van der Waals surface area contributed by atoms with Gasteiger partial charge in [0, 0.05) is 24.3 Å². The van der Waals surface area contributed by atoms with Gasteiger partial charge < -0.3 is 9.47 Å². The average molecular weight is 421 g/mol. The Kier molecular flexibility index (Phi) is 8.78. The van der Waals surface area contributed by atoms with Crippen molar-refractivity contribution in [2.45, 2.75) is 13.8 Å². The zero-order valence-electron chi connectivity index (χ0n) is 17.7. The summed E-state index contributed by atoms with van der Waals surface area (Å²) in [6.45, 7) is 4.00. The first kappa shape index (κ1) is 23.1. The van der Waals surface area contributed by atoms with E-state index in [9.17, 15) is 10.1 Å². The molecule has 0 bridgehead atoms. The molecule has 0 atom stereocenters. The van der Waals surface area contributed by atoms with Crippen LogP contribution in [0.2, 0.25) is 0 Å². The maximum absolute atomic E-state index is 10.7. The number of nitro benzene ring substituents is 1. The van der Waals surface area contributed by atoms with Gasteiger partial charge in [0.1, 0.15) is 22.9 Å². The molecule has 0 N–H and O–H groups in total. The van der Waals surface area contributed by atoms with Gasteiger partial charge in [-0.1, -0.05) is 32.0 Å². The molecule has 0 unspecified atom stereocenters. The van der Waals surface area contributed by atoms with Crippen LogP contribution in [-0.4, -0.2) is 19.1 Å². The maximum Gasteiger partial charge on any atom is 0.269 e. The van der Waals surface area contributed by atoms with E-state index >= 15 is 0 Å². The summed E-state index contributed by atoms with van der Waals surface area (Å²) in [5.41, 5.74) is 2.04. The van der Waals surface area contributed by atoms with Crippen molar-refractivity contribution in [3.05, 3.63) is 76.8 Å². The molecule has 9 nitrogen and oxygen atoms in total. The molecule has 0 aliphatic rings. The molecule has 0 saturated heterocycles. The second-order valence-corrected chi connectivity index (χ2v) is 5.70. The van der Waals surface area contributed by atoms with Crippen LogP contribution >= 0.6 is 0 Å². The summed E-state index contributed by atoms with van der Waals surface area (Å²) < 4.78 is 10.8. The molecule has 0 radical (unpaired) electrons. The Labute approximate surface area is 180 Å². The number of nitro groups is 1. The summed E-state index contributed by atoms with van der Waals surface area (Å²) >= 11 is 0. The van der Waals surface area contributed by atoms with E-state index < -0.39 is 4.92 Å². The molecule has 3 aromatic rings. The van der Waals surface area contributed by atoms with Crippen molar-refractivity contribution in [2.24, 2.45) is 20.5 Å². The molecule has 0 amide bonds. The summed E-state index contributed by atoms with van der Waals surface area (Å²) in [4.78, 5) is 10.3. The van der Waals surface area contributed by atoms with E-state index in [0.29, 0.717) is 34.2 Å². The van der Waals surface area contributed by atoms with Crippen LogP contribution in [0.3, 0.4) is 0 Å². The number of rotatable bonds is 7. The molecule has 0 aliphatic heterocycles. The van der Waals surface area contributed by atoms with E-state index in [1.165, 1.54) is 38.5 Å². The fourth-order valence-electron chi connectivity index (χ4n) is 2.38. The van der Waals surface area contributed by atoms with Crippen LogP contribution in [0, 0.1) is 10.1 Å². The number of azo groups is 2. The maximum atomic E-state index is 10.7. The van der Waals surface area contributed by atoms with E-state index in [0.717, 1.165) is 0 Å². The summed E-state index contributed by atoms with van der Waals surface area (Å²) in [6, 6.07) is 18.3. The molecular formula is C22H23N5O4. The lowest BCUT2D eigenvalue weighted by Gasteiger charge is -2.09. The van der Waals surface area contributed by atoms with E-state index in [1.54, 1.807) is 12.1 Å². The van der Waals surface area contributed by atoms with Crippen molar-refractivity contribution in [3.63, 3.8) is 0 Å². The van der Waals surface area contributed by atoms with Gasteiger partial charge in [-0.25, -0.2) is 0 Å². The first-order valence-corrected chi connectivity index (χ1v) is 9.49. The molecule has 0 aliphatic carbocycles. The van der Waals surface area contributed by atoms with Gasteiger partial charge in [0.25, 0.3) is 5.69 Å². The molecule has 0 spiro atoms. The van der Waals surface area contributed by atoms with Gasteiger partial charge in [0.2, 0.25) is 0 Å². The van der Waals surface area contributed by atoms with Gasteiger partial charge in [-0.15, -0.1) is 10.2 Å². The van der Waals surface area contributed by atoms with Gasteiger partial charge in [0.05, 0.1) is 30.5 Å². The highest BCUT2D eigenvalue weighted by molar-refractivity contribution is 5.66. The predicted molar refractivity (Wildman–Crippen MR) is 119 cm³/mol. The Hall–Kier alpha value is -4.14. The number of non-ortho nitro benzene ring substituents is 1. The average Bonchev–Trinajstić information content (AvgIpc) is 2.83. The Balaban J connectivity index is 0.00000166. The summed E-state index contributed by atoms with van der Waals surface area (Å²) in [5.74, 6) is 0.876. The van der Waals surface area contributed by atoms with Crippen LogP contribution in [0.25, 0.3) is 0 Å². The molecule has 160 valence electrons. The van der Waals surface area contributed by atoms with Crippen LogP contribution in [0.4, 0.5) is 28.4 Å². The van der Waals surface area contributed by atoms with Gasteiger partial charge >= 0.3 is 0 Å². The fraction of sp³-hybridized carbons (Fsp3) is 0.182. The minimum absolute atomic E-state index is 0.0173. The zero-order chi connectivity index (χ0) is 22.6. The van der Waals surface area contributed by atoms with E-state index in [-0.39, 0.29) is 5.69 Å². The highest BCUT2D eigenvalue weighted by Gasteiger charge is 2.11. The topological polar surface area (TPSA) is 111 Å². The minimum atomic E-state index is -0.475. The Morgan fingerprint density at radius 1 is 0.710 bits per heavy atom. The number of ether oxygens (including phenoxy) is 2. The third-order valence-corrected chi connectivity index (χ3v) is 3.84. The van der Waals surface area contributed by atoms with Crippen molar-refractivity contribution in [1.29, 1.82) is 0 Å². The Morgan fingerprint density at radius 3 is 1.58 bits per heavy atom. The lowest BCUT2D eigenvalue weighted by Crippen LogP contribution is -1.88. The molecule has 3 rings (SSSR count). The standard InChI is InChI=1S/C20H17N5O4.C2H6/c1-28-19-13-18(24-22-15-8-10-16(11-9-15)25(26)27)20(29-2)12-17(19)23-21-14-6-4-3-5-7-14;1-2/h3-13H,1-2H3;1-2H3. The van der Waals surface area contributed by atoms with Crippen LogP contribution in [-0.2, 0) is 0 Å². The smallest absolute Gasteiger partial charge is 0.269 e. The van der Waals surface area contributed by atoms with Crippen LogP contribution in [0.15, 0.2) is 87.2 Å². The highest BCUT2D eigenvalue weighted by atomic mass is 16.6. The quantitative estimate of drug-likeness (QED) is 0.224. The Morgan fingerprint density at radius 2 is 1.16 bits per heavy atom. The van der Waals surface area contributed by atoms with E-state index in [4.69, 9.17) is 9.47 Å². The van der Waals surface area contributed by atoms with E-state index in [2.05, 4.69) is 20.5 Å². The van der Waals surface area contributed by atoms with Gasteiger partial charge in [-0.3, -0.25) is 10.1 Å². The molecule has 0 heterocycles. The van der Waals surface area contributed by atoms with Crippen LogP contribution < -0.4 is 9.47 Å². The molecule has 0 saturated carbocycles. The monoisotopic (exact) mass is 421 g/mol. The fourth-order valence-corrected chi connectivity index (χ4v) is 2.38. The lowest BCUT2D eigenvalue weighted by molar-refractivity contribution is -0.384. The molecule has 31 heavy (non-hydrogen) atoms. The van der Waals surface area contributed by atoms with Crippen LogP contribution in [0.5, 0.6) is 11.5 Å². The van der Waals surface area contributed by atoms with Gasteiger partial charge in [-0.05, 0) is 24.3 Å². The van der Waals surface area contributed by atoms with Crippen molar-refractivity contribution in [1.82, 2.24) is 0 Å². The zero-order valence-corrected chi connectivity index (χ0v) is 17.7. The summed E-state index contributed by atoms with van der Waals surface area (Å²) in [5, 5.41) is 27.4. The predicted octanol–water partition coefficient (Wildman–Crippen LogP) is 7.47. The van der Waals surface area contributed by atoms with Crippen molar-refractivity contribution < 1.29 is 14.4 Å². The van der Waals surface area contributed by atoms with Gasteiger partial charge in [-0.2, -0.15) is 10.2 Å². The van der Waals surface area contributed by atoms with Crippen molar-refractivity contribution >= 4 is 28.4 Å². The number of methoxy groups -OCH3 is 2. The number of hydrogen-bond acceptors (Lipinski definition) is 8. The molecule has 0 fully saturated rings. The minimum Gasteiger partial charge on any atom is -0.494 e. The van der Waals surface area contributed by atoms with Gasteiger partial charge in [0.15, 0.2) is 0 Å². The third-order valence-electron chi connectivity index (χ3n) is 3.84. The number of benzene rings is 3. The molecule has 3 aromatic carbocycles. The molecule has 9 heteroatoms. The van der Waals surface area contributed by atoms with Crippen molar-refractivity contribution in [2.75, 3.05) is 14.2 Å². The first-order chi connectivity index (χ1) is 15.1. The highest BCUT2D eigenvalue weighted by Crippen LogP contribution is 2.40. The molecular weight excluding hydrogens is 398 g/mol. The lowest BCUT2D eigenvalue weighted by atomic mass is 10.2. The SMILES string of the molecule is CC.COc1cc(N=Nc2ccc([N+](=O)[O-])cc2)c(OC)cc1N=Nc1ccccc1.